The molecule has 1 unspecified atom stereocenters. The van der Waals surface area contributed by atoms with Crippen molar-refractivity contribution in [1.29, 1.82) is 0 Å². The smallest absolute Gasteiger partial charge is 0.0568 e. The Morgan fingerprint density at radius 3 is 1.70 bits per heavy atom. The lowest BCUT2D eigenvalue weighted by atomic mass is 9.87. The summed E-state index contributed by atoms with van der Waals surface area (Å²) in [7, 11) is 0. The minimum Gasteiger partial charge on any atom is -0.393 e. The normalized spacial score (nSPS) is 17.4. The molecule has 0 heterocycles. The molecule has 0 aromatic rings. The molecule has 0 aromatic heterocycles. The summed E-state index contributed by atoms with van der Waals surface area (Å²) in [6.45, 7) is 8.53. The molecular formula is C9H20O. The van der Waals surface area contributed by atoms with Gasteiger partial charge in [0.2, 0.25) is 0 Å². The summed E-state index contributed by atoms with van der Waals surface area (Å²) < 4.78 is 0. The van der Waals surface area contributed by atoms with Gasteiger partial charge in [-0.1, -0.05) is 34.1 Å². The summed E-state index contributed by atoms with van der Waals surface area (Å²) in [5.41, 5.74) is 0. The van der Waals surface area contributed by atoms with Crippen LogP contribution in [0.5, 0.6) is 0 Å². The first kappa shape index (κ1) is 9.96. The van der Waals surface area contributed by atoms with Crippen LogP contribution in [0.15, 0.2) is 0 Å². The standard InChI is InChI=1S/C9H20O/c1-5-8(7(3)4)9(10)6-2/h7-10H,5-6H2,1-4H3/t8?,9-/m0/s1. The molecule has 0 saturated heterocycles. The Morgan fingerprint density at radius 2 is 1.60 bits per heavy atom. The zero-order valence-electron chi connectivity index (χ0n) is 7.59. The number of rotatable bonds is 4. The molecule has 2 atom stereocenters. The van der Waals surface area contributed by atoms with Crippen LogP contribution >= 0.6 is 0 Å². The molecule has 0 aliphatic carbocycles. The van der Waals surface area contributed by atoms with Crippen molar-refractivity contribution in [3.05, 3.63) is 0 Å². The van der Waals surface area contributed by atoms with Gasteiger partial charge < -0.3 is 5.11 Å². The lowest BCUT2D eigenvalue weighted by molar-refractivity contribution is 0.0757. The zero-order valence-corrected chi connectivity index (χ0v) is 7.59. The Hall–Kier alpha value is -0.0400. The summed E-state index contributed by atoms with van der Waals surface area (Å²) in [6.07, 6.45) is 1.88. The minimum absolute atomic E-state index is 0.0926. The van der Waals surface area contributed by atoms with Crippen LogP contribution in [0, 0.1) is 11.8 Å². The first-order chi connectivity index (χ1) is 4.63. The number of hydrogen-bond acceptors (Lipinski definition) is 1. The van der Waals surface area contributed by atoms with Gasteiger partial charge in [0.15, 0.2) is 0 Å². The molecule has 0 fully saturated rings. The molecule has 0 aliphatic rings. The van der Waals surface area contributed by atoms with Crippen molar-refractivity contribution < 1.29 is 5.11 Å². The zero-order chi connectivity index (χ0) is 8.15. The Labute approximate surface area is 64.5 Å². The number of aliphatic hydroxyl groups is 1. The molecule has 1 N–H and O–H groups in total. The minimum atomic E-state index is -0.0926. The Kier molecular flexibility index (Phi) is 4.71. The second kappa shape index (κ2) is 4.73. The Balaban J connectivity index is 3.80. The maximum atomic E-state index is 9.49. The molecule has 1 heteroatoms. The Bertz CT molecular complexity index is 78.8. The fourth-order valence-electron chi connectivity index (χ4n) is 1.49. The van der Waals surface area contributed by atoms with Crippen molar-refractivity contribution in [2.75, 3.05) is 0 Å². The molecule has 1 nitrogen and oxygen atoms in total. The van der Waals surface area contributed by atoms with Gasteiger partial charge in [-0.3, -0.25) is 0 Å². The van der Waals surface area contributed by atoms with E-state index in [-0.39, 0.29) is 6.10 Å². The van der Waals surface area contributed by atoms with Crippen LogP contribution in [0.25, 0.3) is 0 Å². The van der Waals surface area contributed by atoms with E-state index >= 15 is 0 Å². The number of aliphatic hydroxyl groups excluding tert-OH is 1. The molecule has 0 bridgehead atoms. The van der Waals surface area contributed by atoms with Gasteiger partial charge in [0.25, 0.3) is 0 Å². The second-order valence-electron chi connectivity index (χ2n) is 3.29. The maximum absolute atomic E-state index is 9.49. The number of hydrogen-bond donors (Lipinski definition) is 1. The highest BCUT2D eigenvalue weighted by Crippen LogP contribution is 2.20. The quantitative estimate of drug-likeness (QED) is 0.642. The van der Waals surface area contributed by atoms with Gasteiger partial charge in [-0.2, -0.15) is 0 Å². The van der Waals surface area contributed by atoms with E-state index in [1.165, 1.54) is 0 Å². The molecule has 0 aromatic carbocycles. The second-order valence-corrected chi connectivity index (χ2v) is 3.29. The lowest BCUT2D eigenvalue weighted by Gasteiger charge is -2.23. The molecule has 0 aliphatic heterocycles. The van der Waals surface area contributed by atoms with Gasteiger partial charge in [-0.25, -0.2) is 0 Å². The first-order valence-corrected chi connectivity index (χ1v) is 4.31. The van der Waals surface area contributed by atoms with Crippen LogP contribution < -0.4 is 0 Å². The van der Waals surface area contributed by atoms with Crippen LogP contribution in [-0.2, 0) is 0 Å². The first-order valence-electron chi connectivity index (χ1n) is 4.31. The fraction of sp³-hybridized carbons (Fsp3) is 1.00. The van der Waals surface area contributed by atoms with E-state index < -0.39 is 0 Å². The lowest BCUT2D eigenvalue weighted by Crippen LogP contribution is -2.23. The van der Waals surface area contributed by atoms with Crippen molar-refractivity contribution in [3.63, 3.8) is 0 Å². The predicted octanol–water partition coefficient (Wildman–Crippen LogP) is 2.44. The molecule has 62 valence electrons. The summed E-state index contributed by atoms with van der Waals surface area (Å²) in [5.74, 6) is 1.10. The van der Waals surface area contributed by atoms with E-state index in [0.717, 1.165) is 12.8 Å². The van der Waals surface area contributed by atoms with Crippen LogP contribution in [0.4, 0.5) is 0 Å². The third-order valence-corrected chi connectivity index (χ3v) is 2.24. The molecule has 0 radical (unpaired) electrons. The van der Waals surface area contributed by atoms with E-state index in [4.69, 9.17) is 0 Å². The molecule has 0 amide bonds. The summed E-state index contributed by atoms with van der Waals surface area (Å²) >= 11 is 0. The molecular weight excluding hydrogens is 124 g/mol. The molecule has 0 spiro atoms. The van der Waals surface area contributed by atoms with Crippen LogP contribution in [0.1, 0.15) is 40.5 Å². The van der Waals surface area contributed by atoms with Gasteiger partial charge in [0.1, 0.15) is 0 Å². The highest BCUT2D eigenvalue weighted by atomic mass is 16.3. The summed E-state index contributed by atoms with van der Waals surface area (Å²) in [5, 5.41) is 9.49. The van der Waals surface area contributed by atoms with Crippen molar-refractivity contribution in [1.82, 2.24) is 0 Å². The van der Waals surface area contributed by atoms with Gasteiger partial charge in [0.05, 0.1) is 6.10 Å². The van der Waals surface area contributed by atoms with Crippen LogP contribution in [0.2, 0.25) is 0 Å². The highest BCUT2D eigenvalue weighted by molar-refractivity contribution is 4.68. The SMILES string of the molecule is CCC(C(C)C)[C@@H](O)CC. The Morgan fingerprint density at radius 1 is 1.10 bits per heavy atom. The van der Waals surface area contributed by atoms with Gasteiger partial charge in [-0.05, 0) is 18.3 Å². The van der Waals surface area contributed by atoms with E-state index in [1.807, 2.05) is 6.92 Å². The third kappa shape index (κ3) is 2.70. The van der Waals surface area contributed by atoms with E-state index in [1.54, 1.807) is 0 Å². The largest absolute Gasteiger partial charge is 0.393 e. The molecule has 0 saturated carbocycles. The highest BCUT2D eigenvalue weighted by Gasteiger charge is 2.18. The molecule has 10 heavy (non-hydrogen) atoms. The average molecular weight is 144 g/mol. The monoisotopic (exact) mass is 144 g/mol. The summed E-state index contributed by atoms with van der Waals surface area (Å²) in [6, 6.07) is 0. The van der Waals surface area contributed by atoms with E-state index in [9.17, 15) is 5.11 Å². The van der Waals surface area contributed by atoms with Crippen molar-refractivity contribution in [2.45, 2.75) is 46.6 Å². The van der Waals surface area contributed by atoms with Crippen LogP contribution in [-0.4, -0.2) is 11.2 Å². The van der Waals surface area contributed by atoms with Gasteiger partial charge in [-0.15, -0.1) is 0 Å². The molecule has 0 rings (SSSR count). The van der Waals surface area contributed by atoms with Crippen molar-refractivity contribution in [3.8, 4) is 0 Å². The topological polar surface area (TPSA) is 20.2 Å². The third-order valence-electron chi connectivity index (χ3n) is 2.24. The van der Waals surface area contributed by atoms with Crippen molar-refractivity contribution >= 4 is 0 Å². The van der Waals surface area contributed by atoms with E-state index in [0.29, 0.717) is 11.8 Å². The maximum Gasteiger partial charge on any atom is 0.0568 e. The van der Waals surface area contributed by atoms with Gasteiger partial charge in [0, 0.05) is 0 Å². The predicted molar refractivity (Wildman–Crippen MR) is 44.9 cm³/mol. The van der Waals surface area contributed by atoms with Crippen molar-refractivity contribution in [2.24, 2.45) is 11.8 Å². The fourth-order valence-corrected chi connectivity index (χ4v) is 1.49. The van der Waals surface area contributed by atoms with E-state index in [2.05, 4.69) is 20.8 Å². The van der Waals surface area contributed by atoms with Gasteiger partial charge >= 0.3 is 0 Å². The summed E-state index contributed by atoms with van der Waals surface area (Å²) in [4.78, 5) is 0. The van der Waals surface area contributed by atoms with Crippen LogP contribution in [0.3, 0.4) is 0 Å². The average Bonchev–Trinajstić information content (AvgIpc) is 1.88.